The lowest BCUT2D eigenvalue weighted by atomic mass is 10.3. The van der Waals surface area contributed by atoms with Crippen LogP contribution in [0, 0.1) is 5.82 Å². The van der Waals surface area contributed by atoms with Crippen molar-refractivity contribution >= 4 is 33.0 Å². The number of tetrazole rings is 1. The van der Waals surface area contributed by atoms with Gasteiger partial charge in [-0.15, -0.1) is 5.10 Å². The van der Waals surface area contributed by atoms with Crippen molar-refractivity contribution in [3.05, 3.63) is 64.2 Å². The summed E-state index contributed by atoms with van der Waals surface area (Å²) < 4.78 is 39.1. The van der Waals surface area contributed by atoms with Crippen LogP contribution < -0.4 is 0 Å². The predicted molar refractivity (Wildman–Crippen MR) is 86.5 cm³/mol. The molecule has 1 heterocycles. The zero-order valence-corrected chi connectivity index (χ0v) is 14.2. The van der Waals surface area contributed by atoms with E-state index in [1.54, 1.807) is 12.1 Å². The van der Waals surface area contributed by atoms with Crippen LogP contribution in [0.3, 0.4) is 0 Å². The largest absolute Gasteiger partial charge is 0.223 e. The Labute approximate surface area is 146 Å². The Balaban J connectivity index is 1.96. The van der Waals surface area contributed by atoms with Gasteiger partial charge in [-0.25, -0.2) is 12.8 Å². The van der Waals surface area contributed by atoms with E-state index in [1.165, 1.54) is 22.9 Å². The number of sulfone groups is 1. The van der Waals surface area contributed by atoms with E-state index in [0.29, 0.717) is 10.7 Å². The molecule has 0 bridgehead atoms. The van der Waals surface area contributed by atoms with Crippen molar-refractivity contribution in [2.75, 3.05) is 0 Å². The van der Waals surface area contributed by atoms with Gasteiger partial charge in [-0.2, -0.15) is 4.68 Å². The molecular weight excluding hydrogens is 378 g/mol. The molecule has 2 aromatic carbocycles. The number of benzene rings is 2. The highest BCUT2D eigenvalue weighted by Gasteiger charge is 2.21. The second kappa shape index (κ2) is 6.46. The summed E-state index contributed by atoms with van der Waals surface area (Å²) >= 11 is 11.8. The van der Waals surface area contributed by atoms with Crippen LogP contribution in [0.5, 0.6) is 0 Å². The Kier molecular flexibility index (Phi) is 4.53. The summed E-state index contributed by atoms with van der Waals surface area (Å²) in [6, 6.07) is 9.23. The maximum atomic E-state index is 13.0. The molecule has 24 heavy (non-hydrogen) atoms. The number of nitrogens with zero attached hydrogens (tertiary/aromatic N) is 4. The highest BCUT2D eigenvalue weighted by molar-refractivity contribution is 7.90. The minimum Gasteiger partial charge on any atom is -0.223 e. The Morgan fingerprint density at radius 2 is 1.75 bits per heavy atom. The summed E-state index contributed by atoms with van der Waals surface area (Å²) in [5.41, 5.74) is 0.471. The summed E-state index contributed by atoms with van der Waals surface area (Å²) in [7, 11) is -3.74. The second-order valence-corrected chi connectivity index (χ2v) is 7.62. The summed E-state index contributed by atoms with van der Waals surface area (Å²) in [5, 5.41) is 11.7. The average Bonchev–Trinajstić information content (AvgIpc) is 2.98. The predicted octanol–water partition coefficient (Wildman–Crippen LogP) is 3.08. The molecule has 3 aromatic rings. The molecule has 124 valence electrons. The fourth-order valence-electron chi connectivity index (χ4n) is 2.01. The number of rotatable bonds is 4. The molecule has 0 unspecified atom stereocenters. The molecular formula is C14H9Cl2FN4O2S. The molecule has 1 aromatic heterocycles. The van der Waals surface area contributed by atoms with Gasteiger partial charge in [0.05, 0.1) is 20.6 Å². The molecule has 0 fully saturated rings. The molecule has 6 nitrogen and oxygen atoms in total. The highest BCUT2D eigenvalue weighted by atomic mass is 35.5. The van der Waals surface area contributed by atoms with Crippen molar-refractivity contribution in [2.24, 2.45) is 0 Å². The van der Waals surface area contributed by atoms with Crippen LogP contribution >= 0.6 is 23.2 Å². The quantitative estimate of drug-likeness (QED) is 0.643. The van der Waals surface area contributed by atoms with Gasteiger partial charge in [0.1, 0.15) is 11.6 Å². The third-order valence-corrected chi connectivity index (χ3v) is 5.54. The van der Waals surface area contributed by atoms with E-state index in [-0.39, 0.29) is 15.7 Å². The van der Waals surface area contributed by atoms with Gasteiger partial charge in [-0.3, -0.25) is 0 Å². The number of hydrogen-bond acceptors (Lipinski definition) is 5. The first kappa shape index (κ1) is 16.8. The van der Waals surface area contributed by atoms with Crippen molar-refractivity contribution in [1.29, 1.82) is 0 Å². The summed E-state index contributed by atoms with van der Waals surface area (Å²) in [6.07, 6.45) is 0. The molecule has 0 N–H and O–H groups in total. The van der Waals surface area contributed by atoms with Crippen LogP contribution in [0.4, 0.5) is 4.39 Å². The van der Waals surface area contributed by atoms with Gasteiger partial charge in [-0.05, 0) is 52.9 Å². The van der Waals surface area contributed by atoms with Crippen molar-refractivity contribution < 1.29 is 12.8 Å². The summed E-state index contributed by atoms with van der Waals surface area (Å²) in [5.74, 6) is -0.876. The molecule has 0 saturated heterocycles. The standard InChI is InChI=1S/C14H9Cl2FN4O2S/c15-12-6-3-10(7-13(12)16)21-14(18-19-20-21)8-24(22,23)11-4-1-9(17)2-5-11/h1-7H,8H2. The van der Waals surface area contributed by atoms with Gasteiger partial charge >= 0.3 is 0 Å². The van der Waals surface area contributed by atoms with Crippen LogP contribution in [0.1, 0.15) is 5.82 Å². The Hall–Kier alpha value is -2.03. The van der Waals surface area contributed by atoms with Crippen molar-refractivity contribution in [3.8, 4) is 5.69 Å². The molecule has 0 aliphatic carbocycles. The molecule has 0 saturated carbocycles. The smallest absolute Gasteiger partial charge is 0.185 e. The Morgan fingerprint density at radius 3 is 2.42 bits per heavy atom. The maximum absolute atomic E-state index is 13.0. The molecule has 10 heteroatoms. The van der Waals surface area contributed by atoms with E-state index in [2.05, 4.69) is 15.5 Å². The van der Waals surface area contributed by atoms with E-state index >= 15 is 0 Å². The van der Waals surface area contributed by atoms with Crippen LogP contribution in [-0.4, -0.2) is 28.6 Å². The van der Waals surface area contributed by atoms with Crippen molar-refractivity contribution in [2.45, 2.75) is 10.6 Å². The number of aromatic nitrogens is 4. The number of hydrogen-bond donors (Lipinski definition) is 0. The van der Waals surface area contributed by atoms with Crippen LogP contribution in [0.2, 0.25) is 10.0 Å². The molecule has 3 rings (SSSR count). The van der Waals surface area contributed by atoms with Gasteiger partial charge in [0, 0.05) is 0 Å². The lowest BCUT2D eigenvalue weighted by Crippen LogP contribution is -2.11. The second-order valence-electron chi connectivity index (χ2n) is 4.82. The van der Waals surface area contributed by atoms with Crippen LogP contribution in [0.25, 0.3) is 5.69 Å². The van der Waals surface area contributed by atoms with Gasteiger partial charge in [0.2, 0.25) is 0 Å². The number of halogens is 3. The third kappa shape index (κ3) is 3.40. The molecule has 0 atom stereocenters. The topological polar surface area (TPSA) is 77.7 Å². The van der Waals surface area contributed by atoms with Gasteiger partial charge < -0.3 is 0 Å². The summed E-state index contributed by atoms with van der Waals surface area (Å²) in [4.78, 5) is -0.0208. The highest BCUT2D eigenvalue weighted by Crippen LogP contribution is 2.25. The third-order valence-electron chi connectivity index (χ3n) is 3.17. The van der Waals surface area contributed by atoms with Crippen molar-refractivity contribution in [1.82, 2.24) is 20.2 Å². The first-order chi connectivity index (χ1) is 11.4. The Morgan fingerprint density at radius 1 is 1.04 bits per heavy atom. The maximum Gasteiger partial charge on any atom is 0.185 e. The zero-order valence-electron chi connectivity index (χ0n) is 11.9. The van der Waals surface area contributed by atoms with Crippen LogP contribution in [0.15, 0.2) is 47.4 Å². The normalized spacial score (nSPS) is 11.6. The first-order valence-corrected chi connectivity index (χ1v) is 8.99. The van der Waals surface area contributed by atoms with Gasteiger partial charge in [0.15, 0.2) is 15.7 Å². The monoisotopic (exact) mass is 386 g/mol. The zero-order chi connectivity index (χ0) is 17.3. The molecule has 0 spiro atoms. The van der Waals surface area contributed by atoms with E-state index < -0.39 is 21.4 Å². The minimum atomic E-state index is -3.74. The van der Waals surface area contributed by atoms with Crippen LogP contribution in [-0.2, 0) is 15.6 Å². The van der Waals surface area contributed by atoms with E-state index in [0.717, 1.165) is 12.1 Å². The minimum absolute atomic E-state index is 0.0208. The fraction of sp³-hybridized carbons (Fsp3) is 0.0714. The Bertz CT molecular complexity index is 990. The average molecular weight is 387 g/mol. The summed E-state index contributed by atoms with van der Waals surface area (Å²) in [6.45, 7) is 0. The molecule has 0 amide bonds. The molecule has 0 aliphatic rings. The van der Waals surface area contributed by atoms with Crippen molar-refractivity contribution in [3.63, 3.8) is 0 Å². The lowest BCUT2D eigenvalue weighted by Gasteiger charge is -2.07. The van der Waals surface area contributed by atoms with E-state index in [9.17, 15) is 12.8 Å². The molecule has 0 radical (unpaired) electrons. The van der Waals surface area contributed by atoms with E-state index in [4.69, 9.17) is 23.2 Å². The fourth-order valence-corrected chi connectivity index (χ4v) is 3.54. The SMILES string of the molecule is O=S(=O)(Cc1nnnn1-c1ccc(Cl)c(Cl)c1)c1ccc(F)cc1. The van der Waals surface area contributed by atoms with E-state index in [1.807, 2.05) is 0 Å². The van der Waals surface area contributed by atoms with Gasteiger partial charge in [0.25, 0.3) is 0 Å². The first-order valence-electron chi connectivity index (χ1n) is 6.58. The lowest BCUT2D eigenvalue weighted by molar-refractivity contribution is 0.591. The van der Waals surface area contributed by atoms with Gasteiger partial charge in [-0.1, -0.05) is 23.2 Å². The molecule has 0 aliphatic heterocycles.